The van der Waals surface area contributed by atoms with Crippen molar-refractivity contribution in [2.75, 3.05) is 6.54 Å². The molecule has 132 valence electrons. The molecule has 0 spiro atoms. The number of nitrogens with two attached hydrogens (primary N) is 1. The number of nitrogens with zero attached hydrogens (tertiary/aromatic N) is 1. The molecule has 2 heterocycles. The number of hydrogen-bond donors (Lipinski definition) is 2. The molecule has 3 nitrogen and oxygen atoms in total. The fourth-order valence-corrected chi connectivity index (χ4v) is 6.75. The molecule has 9 atom stereocenters. The van der Waals surface area contributed by atoms with Gasteiger partial charge in [0.25, 0.3) is 0 Å². The number of likely N-dealkylation sites (tertiary alicyclic amines) is 1. The molecule has 0 aromatic carbocycles. The fraction of sp³-hybridized carbons (Fsp3) is 1.00. The first-order chi connectivity index (χ1) is 11.0. The summed E-state index contributed by atoms with van der Waals surface area (Å²) in [6, 6.07) is 1.69. The van der Waals surface area contributed by atoms with E-state index in [1.54, 1.807) is 0 Å². The molecule has 0 amide bonds. The lowest BCUT2D eigenvalue weighted by Gasteiger charge is -2.53. The number of piperidine rings is 1. The molecule has 0 aromatic rings. The summed E-state index contributed by atoms with van der Waals surface area (Å²) >= 11 is 6.47. The van der Waals surface area contributed by atoms with Gasteiger partial charge in [-0.3, -0.25) is 10.2 Å². The molecule has 4 heteroatoms. The van der Waals surface area contributed by atoms with E-state index >= 15 is 0 Å². The van der Waals surface area contributed by atoms with Gasteiger partial charge in [-0.05, 0) is 56.3 Å². The van der Waals surface area contributed by atoms with Gasteiger partial charge in [0.05, 0.1) is 6.17 Å². The minimum atomic E-state index is 0.382. The Hall–Kier alpha value is 0.170. The SMILES string of the molecule is CC1CC(C)C2NC3C(CCN3C3CCCC(Cl)C3)C(N)C2C1. The van der Waals surface area contributed by atoms with Gasteiger partial charge in [-0.15, -0.1) is 11.6 Å². The molecular weight excluding hydrogens is 306 g/mol. The van der Waals surface area contributed by atoms with Gasteiger partial charge in [0.1, 0.15) is 0 Å². The Morgan fingerprint density at radius 1 is 1.04 bits per heavy atom. The Kier molecular flexibility index (Phi) is 4.68. The summed E-state index contributed by atoms with van der Waals surface area (Å²) < 4.78 is 0. The van der Waals surface area contributed by atoms with Crippen molar-refractivity contribution in [2.24, 2.45) is 29.4 Å². The predicted molar refractivity (Wildman–Crippen MR) is 96.4 cm³/mol. The van der Waals surface area contributed by atoms with Crippen molar-refractivity contribution >= 4 is 11.6 Å². The third-order valence-corrected chi connectivity index (χ3v) is 7.81. The van der Waals surface area contributed by atoms with Crippen molar-refractivity contribution in [1.82, 2.24) is 10.2 Å². The monoisotopic (exact) mass is 339 g/mol. The molecule has 4 rings (SSSR count). The highest BCUT2D eigenvalue weighted by Crippen LogP contribution is 2.44. The van der Waals surface area contributed by atoms with Crippen LogP contribution in [0.15, 0.2) is 0 Å². The topological polar surface area (TPSA) is 41.3 Å². The average Bonchev–Trinajstić information content (AvgIpc) is 2.93. The maximum Gasteiger partial charge on any atom is 0.0646 e. The van der Waals surface area contributed by atoms with E-state index in [9.17, 15) is 0 Å². The molecule has 2 saturated carbocycles. The van der Waals surface area contributed by atoms with E-state index in [0.29, 0.717) is 41.5 Å². The first-order valence-electron chi connectivity index (χ1n) is 9.96. The lowest BCUT2D eigenvalue weighted by Crippen LogP contribution is -2.67. The van der Waals surface area contributed by atoms with Gasteiger partial charge in [0.15, 0.2) is 0 Å². The summed E-state index contributed by atoms with van der Waals surface area (Å²) in [5.74, 6) is 2.92. The second-order valence-electron chi connectivity index (χ2n) is 9.04. The van der Waals surface area contributed by atoms with Crippen LogP contribution in [0.5, 0.6) is 0 Å². The first kappa shape index (κ1) is 16.6. The Bertz CT molecular complexity index is 431. The third-order valence-electron chi connectivity index (χ3n) is 7.41. The van der Waals surface area contributed by atoms with Crippen molar-refractivity contribution < 1.29 is 0 Å². The molecule has 2 saturated heterocycles. The molecule has 4 aliphatic rings. The van der Waals surface area contributed by atoms with Crippen molar-refractivity contribution in [2.45, 2.75) is 88.5 Å². The highest BCUT2D eigenvalue weighted by molar-refractivity contribution is 6.20. The van der Waals surface area contributed by atoms with Crippen molar-refractivity contribution in [3.05, 3.63) is 0 Å². The number of rotatable bonds is 1. The van der Waals surface area contributed by atoms with Crippen molar-refractivity contribution in [3.63, 3.8) is 0 Å². The molecular formula is C19H34ClN3. The highest BCUT2D eigenvalue weighted by Gasteiger charge is 2.51. The van der Waals surface area contributed by atoms with E-state index in [4.69, 9.17) is 17.3 Å². The fourth-order valence-electron chi connectivity index (χ4n) is 6.39. The van der Waals surface area contributed by atoms with Crippen molar-refractivity contribution in [3.8, 4) is 0 Å². The van der Waals surface area contributed by atoms with Gasteiger partial charge < -0.3 is 5.73 Å². The summed E-state index contributed by atoms with van der Waals surface area (Å²) in [6.45, 7) is 6.06. The van der Waals surface area contributed by atoms with Crippen LogP contribution in [0.3, 0.4) is 0 Å². The molecule has 3 N–H and O–H groups in total. The normalized spacial score (nSPS) is 54.5. The summed E-state index contributed by atoms with van der Waals surface area (Å²) in [7, 11) is 0. The second-order valence-corrected chi connectivity index (χ2v) is 9.66. The summed E-state index contributed by atoms with van der Waals surface area (Å²) in [5, 5.41) is 4.46. The maximum absolute atomic E-state index is 6.83. The molecule has 23 heavy (non-hydrogen) atoms. The van der Waals surface area contributed by atoms with Crippen LogP contribution in [0.25, 0.3) is 0 Å². The zero-order valence-corrected chi connectivity index (χ0v) is 15.5. The van der Waals surface area contributed by atoms with Crippen LogP contribution in [0.4, 0.5) is 0 Å². The van der Waals surface area contributed by atoms with Gasteiger partial charge in [-0.25, -0.2) is 0 Å². The van der Waals surface area contributed by atoms with E-state index in [2.05, 4.69) is 24.1 Å². The van der Waals surface area contributed by atoms with Gasteiger partial charge in [-0.1, -0.05) is 20.3 Å². The maximum atomic E-state index is 6.83. The largest absolute Gasteiger partial charge is 0.327 e. The predicted octanol–water partition coefficient (Wildman–Crippen LogP) is 3.17. The summed E-state index contributed by atoms with van der Waals surface area (Å²) in [4.78, 5) is 2.75. The molecule has 0 aromatic heterocycles. The Balaban J connectivity index is 1.51. The molecule has 0 radical (unpaired) electrons. The van der Waals surface area contributed by atoms with Gasteiger partial charge in [-0.2, -0.15) is 0 Å². The molecule has 9 unspecified atom stereocenters. The molecule has 0 bridgehead atoms. The number of hydrogen-bond acceptors (Lipinski definition) is 3. The zero-order chi connectivity index (χ0) is 16.1. The van der Waals surface area contributed by atoms with Crippen LogP contribution in [0.2, 0.25) is 0 Å². The Labute approximate surface area is 146 Å². The third kappa shape index (κ3) is 2.96. The van der Waals surface area contributed by atoms with E-state index in [1.807, 2.05) is 0 Å². The van der Waals surface area contributed by atoms with Gasteiger partial charge in [0, 0.05) is 36.0 Å². The van der Waals surface area contributed by atoms with Gasteiger partial charge >= 0.3 is 0 Å². The zero-order valence-electron chi connectivity index (χ0n) is 14.8. The van der Waals surface area contributed by atoms with Gasteiger partial charge in [0.2, 0.25) is 0 Å². The Morgan fingerprint density at radius 2 is 1.87 bits per heavy atom. The lowest BCUT2D eigenvalue weighted by atomic mass is 9.65. The van der Waals surface area contributed by atoms with Crippen LogP contribution in [-0.4, -0.2) is 41.1 Å². The Morgan fingerprint density at radius 3 is 2.65 bits per heavy atom. The smallest absolute Gasteiger partial charge is 0.0646 e. The van der Waals surface area contributed by atoms with E-state index in [-0.39, 0.29) is 0 Å². The minimum Gasteiger partial charge on any atom is -0.327 e. The quantitative estimate of drug-likeness (QED) is 0.721. The van der Waals surface area contributed by atoms with Crippen molar-refractivity contribution in [1.29, 1.82) is 0 Å². The summed E-state index contributed by atoms with van der Waals surface area (Å²) in [6.07, 6.45) is 9.44. The number of alkyl halides is 1. The standard InChI is InChI=1S/C19H34ClN3/c1-11-8-12(2)18-16(9-11)17(21)15-6-7-23(19(15)22-18)14-5-3-4-13(20)10-14/h11-19,22H,3-10,21H2,1-2H3. The lowest BCUT2D eigenvalue weighted by molar-refractivity contribution is 0.00215. The van der Waals surface area contributed by atoms with E-state index in [0.717, 1.165) is 11.8 Å². The molecule has 2 aliphatic heterocycles. The number of fused-ring (bicyclic) bond motifs is 2. The second kappa shape index (κ2) is 6.48. The van der Waals surface area contributed by atoms with E-state index in [1.165, 1.54) is 51.5 Å². The first-order valence-corrected chi connectivity index (χ1v) is 10.4. The minimum absolute atomic E-state index is 0.382. The van der Waals surface area contributed by atoms with Crippen LogP contribution in [0, 0.1) is 23.7 Å². The molecule has 4 fully saturated rings. The highest BCUT2D eigenvalue weighted by atomic mass is 35.5. The number of halogens is 1. The van der Waals surface area contributed by atoms with Crippen LogP contribution in [0.1, 0.15) is 58.8 Å². The van der Waals surface area contributed by atoms with Crippen LogP contribution < -0.4 is 11.1 Å². The number of nitrogens with one attached hydrogen (secondary N) is 1. The van der Waals surface area contributed by atoms with Crippen LogP contribution in [-0.2, 0) is 0 Å². The molecule has 2 aliphatic carbocycles. The average molecular weight is 340 g/mol. The van der Waals surface area contributed by atoms with E-state index < -0.39 is 0 Å². The van der Waals surface area contributed by atoms with Crippen LogP contribution >= 0.6 is 11.6 Å². The summed E-state index contributed by atoms with van der Waals surface area (Å²) in [5.41, 5.74) is 6.83.